The number of aryl methyl sites for hydroxylation is 1. The van der Waals surface area contributed by atoms with Gasteiger partial charge < -0.3 is 14.5 Å². The molecule has 0 radical (unpaired) electrons. The summed E-state index contributed by atoms with van der Waals surface area (Å²) < 4.78 is 7.62. The van der Waals surface area contributed by atoms with Crippen LogP contribution >= 0.6 is 0 Å². The largest absolute Gasteiger partial charge is 0.483 e. The first kappa shape index (κ1) is 22.6. The zero-order valence-corrected chi connectivity index (χ0v) is 19.5. The second-order valence-corrected chi connectivity index (χ2v) is 8.67. The number of aromatic amines is 1. The van der Waals surface area contributed by atoms with Crippen LogP contribution in [0.1, 0.15) is 45.6 Å². The molecule has 0 saturated heterocycles. The van der Waals surface area contributed by atoms with E-state index in [-0.39, 0.29) is 18.4 Å². The van der Waals surface area contributed by atoms with Gasteiger partial charge in [-0.25, -0.2) is 0 Å². The first-order valence-corrected chi connectivity index (χ1v) is 11.7. The van der Waals surface area contributed by atoms with Gasteiger partial charge in [-0.3, -0.25) is 19.4 Å². The maximum Gasteiger partial charge on any atom is 0.274 e. The van der Waals surface area contributed by atoms with Crippen LogP contribution < -0.4 is 4.74 Å². The molecule has 2 aliphatic rings. The lowest BCUT2D eigenvalue weighted by molar-refractivity contribution is -0.133. The summed E-state index contributed by atoms with van der Waals surface area (Å²) in [6.45, 7) is 4.47. The van der Waals surface area contributed by atoms with Crippen LogP contribution in [0.25, 0.3) is 0 Å². The predicted molar refractivity (Wildman–Crippen MR) is 123 cm³/mol. The summed E-state index contributed by atoms with van der Waals surface area (Å²) in [6, 6.07) is 9.17. The smallest absolute Gasteiger partial charge is 0.274 e. The molecule has 0 spiro atoms. The molecule has 2 amide bonds. The van der Waals surface area contributed by atoms with E-state index in [1.165, 1.54) is 0 Å². The summed E-state index contributed by atoms with van der Waals surface area (Å²) >= 11 is 0. The number of carbonyl (C=O) groups excluding carboxylic acids is 2. The van der Waals surface area contributed by atoms with Crippen LogP contribution in [-0.4, -0.2) is 73.0 Å². The lowest BCUT2D eigenvalue weighted by Gasteiger charge is -2.24. The highest BCUT2D eigenvalue weighted by Crippen LogP contribution is 2.21. The molecule has 4 heterocycles. The molecule has 0 unspecified atom stereocenters. The molecular formula is C24H26N8O3. The van der Waals surface area contributed by atoms with E-state index in [9.17, 15) is 9.59 Å². The van der Waals surface area contributed by atoms with E-state index in [4.69, 9.17) is 10.00 Å². The molecule has 1 N–H and O–H groups in total. The SMILES string of the molecule is CCc1cc(C#N)ccc1OCC(=O)N1CCc2cc(C(=O)N3CCc4[nH]nnc4C3)nn2CC1. The van der Waals surface area contributed by atoms with E-state index < -0.39 is 0 Å². The van der Waals surface area contributed by atoms with Gasteiger partial charge >= 0.3 is 0 Å². The van der Waals surface area contributed by atoms with Crippen molar-refractivity contribution in [1.82, 2.24) is 35.0 Å². The first-order chi connectivity index (χ1) is 17.1. The Kier molecular flexibility index (Phi) is 6.18. The van der Waals surface area contributed by atoms with Crippen molar-refractivity contribution in [2.24, 2.45) is 0 Å². The minimum atomic E-state index is -0.116. The maximum atomic E-state index is 13.0. The average Bonchev–Trinajstić information content (AvgIpc) is 3.48. The number of nitrogens with zero attached hydrogens (tertiary/aromatic N) is 7. The number of ether oxygens (including phenoxy) is 1. The molecule has 3 aromatic rings. The molecule has 2 aliphatic heterocycles. The van der Waals surface area contributed by atoms with Crippen molar-refractivity contribution in [3.63, 3.8) is 0 Å². The fraction of sp³-hybridized carbons (Fsp3) is 0.417. The Balaban J connectivity index is 1.18. The third kappa shape index (κ3) is 4.59. The first-order valence-electron chi connectivity index (χ1n) is 11.7. The zero-order chi connectivity index (χ0) is 24.4. The van der Waals surface area contributed by atoms with Crippen molar-refractivity contribution in [3.05, 3.63) is 58.2 Å². The summed E-state index contributed by atoms with van der Waals surface area (Å²) in [5, 5.41) is 24.4. The number of fused-ring (bicyclic) bond motifs is 2. The second-order valence-electron chi connectivity index (χ2n) is 8.67. The molecule has 0 atom stereocenters. The monoisotopic (exact) mass is 474 g/mol. The number of benzene rings is 1. The zero-order valence-electron chi connectivity index (χ0n) is 19.5. The van der Waals surface area contributed by atoms with E-state index in [2.05, 4.69) is 26.6 Å². The van der Waals surface area contributed by atoms with Gasteiger partial charge in [0.15, 0.2) is 12.3 Å². The summed E-state index contributed by atoms with van der Waals surface area (Å²) in [5.41, 5.74) is 4.61. The molecule has 5 rings (SSSR count). The molecule has 0 aliphatic carbocycles. The van der Waals surface area contributed by atoms with Crippen molar-refractivity contribution < 1.29 is 14.3 Å². The highest BCUT2D eigenvalue weighted by molar-refractivity contribution is 5.92. The predicted octanol–water partition coefficient (Wildman–Crippen LogP) is 1.10. The summed E-state index contributed by atoms with van der Waals surface area (Å²) in [5.74, 6) is 0.408. The molecule has 0 bridgehead atoms. The number of rotatable bonds is 5. The molecule has 11 heteroatoms. The Morgan fingerprint density at radius 2 is 2.00 bits per heavy atom. The maximum absolute atomic E-state index is 13.0. The molecule has 11 nitrogen and oxygen atoms in total. The van der Waals surface area contributed by atoms with Crippen LogP contribution in [0.15, 0.2) is 24.3 Å². The number of hydrogen-bond donors (Lipinski definition) is 1. The third-order valence-corrected chi connectivity index (χ3v) is 6.54. The van der Waals surface area contributed by atoms with Crippen molar-refractivity contribution in [3.8, 4) is 11.8 Å². The van der Waals surface area contributed by atoms with Crippen LogP contribution in [-0.2, 0) is 37.1 Å². The lowest BCUT2D eigenvalue weighted by atomic mass is 10.1. The van der Waals surface area contributed by atoms with Crippen LogP contribution in [0.2, 0.25) is 0 Å². The molecular weight excluding hydrogens is 448 g/mol. The standard InChI is InChI=1S/C24H26N8O3/c1-2-17-11-16(13-25)3-4-22(17)35-15-23(33)30-7-5-18-12-20(28-32(18)10-9-30)24(34)31-8-6-19-21(14-31)27-29-26-19/h3-4,11-12H,2,5-10,14-15H2,1H3,(H,26,27,29). The molecule has 2 aromatic heterocycles. The molecule has 35 heavy (non-hydrogen) atoms. The van der Waals surface area contributed by atoms with Crippen molar-refractivity contribution in [2.75, 3.05) is 26.2 Å². The van der Waals surface area contributed by atoms with Crippen LogP contribution in [0.5, 0.6) is 5.75 Å². The number of amides is 2. The normalized spacial score (nSPS) is 15.1. The highest BCUT2D eigenvalue weighted by Gasteiger charge is 2.27. The van der Waals surface area contributed by atoms with Gasteiger partial charge in [0, 0.05) is 38.2 Å². The Bertz CT molecular complexity index is 1280. The molecule has 1 aromatic carbocycles. The van der Waals surface area contributed by atoms with E-state index >= 15 is 0 Å². The van der Waals surface area contributed by atoms with Gasteiger partial charge in [-0.15, -0.1) is 5.10 Å². The van der Waals surface area contributed by atoms with Gasteiger partial charge in [-0.2, -0.15) is 10.4 Å². The topological polar surface area (TPSA) is 133 Å². The van der Waals surface area contributed by atoms with E-state index in [1.54, 1.807) is 28.0 Å². The minimum Gasteiger partial charge on any atom is -0.483 e. The number of H-pyrrole nitrogens is 1. The van der Waals surface area contributed by atoms with Crippen LogP contribution in [0.4, 0.5) is 0 Å². The highest BCUT2D eigenvalue weighted by atomic mass is 16.5. The van der Waals surface area contributed by atoms with Crippen LogP contribution in [0.3, 0.4) is 0 Å². The van der Waals surface area contributed by atoms with E-state index in [0.29, 0.717) is 69.0 Å². The molecule has 0 saturated carbocycles. The second kappa shape index (κ2) is 9.58. The molecule has 180 valence electrons. The Morgan fingerprint density at radius 3 is 2.83 bits per heavy atom. The van der Waals surface area contributed by atoms with Gasteiger partial charge in [0.25, 0.3) is 11.8 Å². The number of nitriles is 1. The van der Waals surface area contributed by atoms with Gasteiger partial charge in [0.1, 0.15) is 11.4 Å². The fourth-order valence-corrected chi connectivity index (χ4v) is 4.52. The summed E-state index contributed by atoms with van der Waals surface area (Å²) in [4.78, 5) is 29.3. The Morgan fingerprint density at radius 1 is 1.14 bits per heavy atom. The van der Waals surface area contributed by atoms with Crippen molar-refractivity contribution >= 4 is 11.8 Å². The number of nitrogens with one attached hydrogen (secondary N) is 1. The number of carbonyl (C=O) groups is 2. The quantitative estimate of drug-likeness (QED) is 0.585. The van der Waals surface area contributed by atoms with Crippen molar-refractivity contribution in [2.45, 2.75) is 39.3 Å². The van der Waals surface area contributed by atoms with Gasteiger partial charge in [0.05, 0.1) is 30.4 Å². The summed E-state index contributed by atoms with van der Waals surface area (Å²) in [6.07, 6.45) is 2.02. The lowest BCUT2D eigenvalue weighted by Crippen LogP contribution is -2.37. The average molecular weight is 475 g/mol. The Hall–Kier alpha value is -4.20. The minimum absolute atomic E-state index is 0.0655. The summed E-state index contributed by atoms with van der Waals surface area (Å²) in [7, 11) is 0. The van der Waals surface area contributed by atoms with E-state index in [1.807, 2.05) is 17.7 Å². The van der Waals surface area contributed by atoms with Gasteiger partial charge in [-0.05, 0) is 36.2 Å². The number of aromatic nitrogens is 5. The van der Waals surface area contributed by atoms with Crippen molar-refractivity contribution in [1.29, 1.82) is 5.26 Å². The number of hydrogen-bond acceptors (Lipinski definition) is 7. The van der Waals surface area contributed by atoms with E-state index in [0.717, 1.165) is 22.6 Å². The van der Waals surface area contributed by atoms with Gasteiger partial charge in [-0.1, -0.05) is 12.1 Å². The Labute approximate surface area is 202 Å². The fourth-order valence-electron chi connectivity index (χ4n) is 4.52. The van der Waals surface area contributed by atoms with Crippen LogP contribution in [0, 0.1) is 11.3 Å². The molecule has 0 fully saturated rings. The third-order valence-electron chi connectivity index (χ3n) is 6.54. The van der Waals surface area contributed by atoms with Gasteiger partial charge in [0.2, 0.25) is 0 Å².